The van der Waals surface area contributed by atoms with Crippen LogP contribution in [0.4, 0.5) is 11.4 Å². The summed E-state index contributed by atoms with van der Waals surface area (Å²) in [5, 5.41) is 2.60. The lowest BCUT2D eigenvalue weighted by Crippen LogP contribution is -2.32. The first kappa shape index (κ1) is 19.4. The molecule has 0 bridgehead atoms. The van der Waals surface area contributed by atoms with Gasteiger partial charge in [-0.15, -0.1) is 0 Å². The maximum absolute atomic E-state index is 12.8. The highest BCUT2D eigenvalue weighted by atomic mass is 35.5. The van der Waals surface area contributed by atoms with Gasteiger partial charge in [0.2, 0.25) is 0 Å². The van der Waals surface area contributed by atoms with Gasteiger partial charge in [0.15, 0.2) is 0 Å². The first-order valence-corrected chi connectivity index (χ1v) is 8.81. The summed E-state index contributed by atoms with van der Waals surface area (Å²) >= 11 is 6.12. The van der Waals surface area contributed by atoms with E-state index in [0.717, 1.165) is 4.90 Å². The van der Waals surface area contributed by atoms with Gasteiger partial charge in [-0.25, -0.2) is 9.69 Å². The minimum Gasteiger partial charge on any atom is -0.497 e. The first-order valence-electron chi connectivity index (χ1n) is 8.43. The monoisotopic (exact) mass is 400 g/mol. The fourth-order valence-corrected chi connectivity index (χ4v) is 2.87. The minimum absolute atomic E-state index is 0.0662. The number of nitrogens with zero attached hydrogens (tertiary/aromatic N) is 1. The molecule has 8 heteroatoms. The summed E-state index contributed by atoms with van der Waals surface area (Å²) < 4.78 is 10.0. The minimum atomic E-state index is -0.638. The van der Waals surface area contributed by atoms with Crippen LogP contribution in [0.3, 0.4) is 0 Å². The fraction of sp³-hybridized carbons (Fsp3) is 0.150. The third-order valence-electron chi connectivity index (χ3n) is 4.00. The van der Waals surface area contributed by atoms with Crippen molar-refractivity contribution in [3.8, 4) is 5.75 Å². The molecule has 0 spiro atoms. The number of hydrogen-bond acceptors (Lipinski definition) is 6. The fourth-order valence-electron chi connectivity index (χ4n) is 2.66. The van der Waals surface area contributed by atoms with Crippen molar-refractivity contribution < 1.29 is 23.9 Å². The number of esters is 1. The second-order valence-corrected chi connectivity index (χ2v) is 6.14. The summed E-state index contributed by atoms with van der Waals surface area (Å²) in [7, 11) is 1.52. The molecule has 0 aromatic heterocycles. The van der Waals surface area contributed by atoms with Crippen molar-refractivity contribution in [1.29, 1.82) is 0 Å². The number of methoxy groups -OCH3 is 1. The van der Waals surface area contributed by atoms with E-state index in [9.17, 15) is 14.4 Å². The summed E-state index contributed by atoms with van der Waals surface area (Å²) in [5.41, 5.74) is 1.04. The number of carbonyl (C=O) groups is 3. The molecule has 144 valence electrons. The Bertz CT molecular complexity index is 969. The van der Waals surface area contributed by atoms with Gasteiger partial charge in [0, 0.05) is 5.69 Å². The van der Waals surface area contributed by atoms with Gasteiger partial charge in [0.05, 0.1) is 25.0 Å². The van der Waals surface area contributed by atoms with Crippen LogP contribution in [0, 0.1) is 0 Å². The standard InChI is InChI=1S/C20H17ClN2O5/c1-3-28-20(26)12-5-4-6-13(11-12)22-17-16(21)18(24)23(19(17)25)14-7-9-15(27-2)10-8-14/h4-11,22H,3H2,1-2H3. The zero-order valence-electron chi connectivity index (χ0n) is 15.2. The molecule has 2 amide bonds. The second kappa shape index (κ2) is 8.14. The molecule has 0 radical (unpaired) electrons. The molecule has 1 aliphatic rings. The lowest BCUT2D eigenvalue weighted by atomic mass is 10.2. The van der Waals surface area contributed by atoms with Gasteiger partial charge in [-0.1, -0.05) is 17.7 Å². The SMILES string of the molecule is CCOC(=O)c1cccc(NC2=C(Cl)C(=O)N(c3ccc(OC)cc3)C2=O)c1. The molecule has 7 nitrogen and oxygen atoms in total. The predicted octanol–water partition coefficient (Wildman–Crippen LogP) is 3.31. The van der Waals surface area contributed by atoms with Crippen molar-refractivity contribution in [1.82, 2.24) is 0 Å². The number of imide groups is 1. The van der Waals surface area contributed by atoms with E-state index in [0.29, 0.717) is 22.7 Å². The number of carbonyl (C=O) groups excluding carboxylic acids is 3. The lowest BCUT2D eigenvalue weighted by Gasteiger charge is -2.15. The zero-order valence-corrected chi connectivity index (χ0v) is 15.9. The molecule has 0 saturated heterocycles. The molecule has 2 aromatic carbocycles. The van der Waals surface area contributed by atoms with Gasteiger partial charge < -0.3 is 14.8 Å². The molecule has 1 N–H and O–H groups in total. The molecule has 0 unspecified atom stereocenters. The molecule has 0 fully saturated rings. The van der Waals surface area contributed by atoms with Gasteiger partial charge in [-0.3, -0.25) is 9.59 Å². The van der Waals surface area contributed by atoms with Crippen molar-refractivity contribution in [2.75, 3.05) is 23.9 Å². The van der Waals surface area contributed by atoms with E-state index >= 15 is 0 Å². The van der Waals surface area contributed by atoms with Crippen molar-refractivity contribution in [3.05, 3.63) is 64.8 Å². The number of amides is 2. The molecule has 3 rings (SSSR count). The molecular formula is C20H17ClN2O5. The Balaban J connectivity index is 1.84. The third-order valence-corrected chi connectivity index (χ3v) is 4.35. The number of nitrogens with one attached hydrogen (secondary N) is 1. The zero-order chi connectivity index (χ0) is 20.3. The Morgan fingerprint density at radius 3 is 2.46 bits per heavy atom. The van der Waals surface area contributed by atoms with Gasteiger partial charge in [-0.2, -0.15) is 0 Å². The third kappa shape index (κ3) is 3.70. The van der Waals surface area contributed by atoms with Gasteiger partial charge in [-0.05, 0) is 49.4 Å². The predicted molar refractivity (Wildman–Crippen MR) is 104 cm³/mol. The number of ether oxygens (including phenoxy) is 2. The van der Waals surface area contributed by atoms with E-state index < -0.39 is 17.8 Å². The van der Waals surface area contributed by atoms with Crippen LogP contribution in [0.5, 0.6) is 5.75 Å². The van der Waals surface area contributed by atoms with Crippen LogP contribution < -0.4 is 15.0 Å². The van der Waals surface area contributed by atoms with E-state index in [1.807, 2.05) is 0 Å². The molecule has 28 heavy (non-hydrogen) atoms. The Hall–Kier alpha value is -3.32. The summed E-state index contributed by atoms with van der Waals surface area (Å²) in [4.78, 5) is 38.1. The van der Waals surface area contributed by atoms with Crippen LogP contribution >= 0.6 is 11.6 Å². The van der Waals surface area contributed by atoms with E-state index in [1.165, 1.54) is 13.2 Å². The number of anilines is 2. The number of hydrogen-bond donors (Lipinski definition) is 1. The number of halogens is 1. The number of benzene rings is 2. The van der Waals surface area contributed by atoms with Crippen molar-refractivity contribution in [2.24, 2.45) is 0 Å². The number of rotatable bonds is 6. The summed E-state index contributed by atoms with van der Waals surface area (Å²) in [6.07, 6.45) is 0. The topological polar surface area (TPSA) is 84.9 Å². The molecule has 2 aromatic rings. The normalized spacial score (nSPS) is 13.8. The Morgan fingerprint density at radius 2 is 1.82 bits per heavy atom. The molecule has 0 aliphatic carbocycles. The highest BCUT2D eigenvalue weighted by molar-refractivity contribution is 6.53. The Morgan fingerprint density at radius 1 is 1.11 bits per heavy atom. The van der Waals surface area contributed by atoms with Crippen molar-refractivity contribution >= 4 is 40.8 Å². The van der Waals surface area contributed by atoms with Crippen LogP contribution in [0.2, 0.25) is 0 Å². The quantitative estimate of drug-likeness (QED) is 0.591. The second-order valence-electron chi connectivity index (χ2n) is 5.76. The van der Waals surface area contributed by atoms with Crippen LogP contribution in [0.15, 0.2) is 59.3 Å². The van der Waals surface area contributed by atoms with E-state index in [2.05, 4.69) is 5.32 Å². The molecular weight excluding hydrogens is 384 g/mol. The smallest absolute Gasteiger partial charge is 0.338 e. The van der Waals surface area contributed by atoms with Crippen molar-refractivity contribution in [3.63, 3.8) is 0 Å². The van der Waals surface area contributed by atoms with E-state index in [4.69, 9.17) is 21.1 Å². The molecule has 0 atom stereocenters. The van der Waals surface area contributed by atoms with Crippen LogP contribution in [0.25, 0.3) is 0 Å². The van der Waals surface area contributed by atoms with Gasteiger partial charge >= 0.3 is 5.97 Å². The summed E-state index contributed by atoms with van der Waals surface area (Å²) in [5.74, 6) is -1.13. The Kier molecular flexibility index (Phi) is 5.65. The Labute approximate surface area is 166 Å². The van der Waals surface area contributed by atoms with Gasteiger partial charge in [0.1, 0.15) is 16.5 Å². The average Bonchev–Trinajstić information content (AvgIpc) is 2.92. The summed E-state index contributed by atoms with van der Waals surface area (Å²) in [6.45, 7) is 1.96. The molecule has 1 heterocycles. The maximum atomic E-state index is 12.8. The highest BCUT2D eigenvalue weighted by Crippen LogP contribution is 2.31. The van der Waals surface area contributed by atoms with E-state index in [1.54, 1.807) is 49.4 Å². The van der Waals surface area contributed by atoms with Gasteiger partial charge in [0.25, 0.3) is 11.8 Å². The van der Waals surface area contributed by atoms with Crippen LogP contribution in [-0.2, 0) is 14.3 Å². The molecule has 0 saturated carbocycles. The van der Waals surface area contributed by atoms with Crippen molar-refractivity contribution in [2.45, 2.75) is 6.92 Å². The van der Waals surface area contributed by atoms with Crippen LogP contribution in [0.1, 0.15) is 17.3 Å². The van der Waals surface area contributed by atoms with Crippen LogP contribution in [-0.4, -0.2) is 31.5 Å². The average molecular weight is 401 g/mol. The first-order chi connectivity index (χ1) is 13.5. The lowest BCUT2D eigenvalue weighted by molar-refractivity contribution is -0.120. The summed E-state index contributed by atoms with van der Waals surface area (Å²) in [6, 6.07) is 12.8. The highest BCUT2D eigenvalue weighted by Gasteiger charge is 2.39. The molecule has 1 aliphatic heterocycles. The van der Waals surface area contributed by atoms with E-state index in [-0.39, 0.29) is 17.3 Å². The maximum Gasteiger partial charge on any atom is 0.338 e. The largest absolute Gasteiger partial charge is 0.497 e.